The molecule has 1 saturated heterocycles. The number of nitrogens with one attached hydrogen (secondary N) is 1. The zero-order chi connectivity index (χ0) is 24.4. The van der Waals surface area contributed by atoms with E-state index in [9.17, 15) is 13.6 Å². The van der Waals surface area contributed by atoms with Gasteiger partial charge in [0.15, 0.2) is 0 Å². The van der Waals surface area contributed by atoms with E-state index in [2.05, 4.69) is 10.2 Å². The molecular formula is C27H26Cl2F2N2O. The first-order valence-corrected chi connectivity index (χ1v) is 12.0. The van der Waals surface area contributed by atoms with Gasteiger partial charge in [0.2, 0.25) is 5.91 Å². The quantitative estimate of drug-likeness (QED) is 0.394. The normalized spacial score (nSPS) is 15.4. The zero-order valence-electron chi connectivity index (χ0n) is 18.9. The van der Waals surface area contributed by atoms with Crippen LogP contribution in [0.5, 0.6) is 0 Å². The molecule has 7 heteroatoms. The lowest BCUT2D eigenvalue weighted by Gasteiger charge is -2.47. The first-order chi connectivity index (χ1) is 16.2. The SMILES string of the molecule is CC(C)NC(=O)[C@@H](c1cc(F)cc(F)c1)C1CN(C(c2ccc(Cl)cc2)c2ccc(Cl)cc2)C1. The number of hydrogen-bond donors (Lipinski definition) is 1. The highest BCUT2D eigenvalue weighted by Crippen LogP contribution is 2.40. The van der Waals surface area contributed by atoms with Crippen molar-refractivity contribution in [3.8, 4) is 0 Å². The molecule has 0 aromatic heterocycles. The number of carbonyl (C=O) groups is 1. The maximum Gasteiger partial charge on any atom is 0.228 e. The number of likely N-dealkylation sites (tertiary alicyclic amines) is 1. The van der Waals surface area contributed by atoms with Crippen LogP contribution in [0.4, 0.5) is 8.78 Å². The van der Waals surface area contributed by atoms with Crippen LogP contribution in [0, 0.1) is 17.6 Å². The van der Waals surface area contributed by atoms with Gasteiger partial charge < -0.3 is 5.32 Å². The molecule has 0 saturated carbocycles. The van der Waals surface area contributed by atoms with Crippen molar-refractivity contribution in [1.29, 1.82) is 0 Å². The van der Waals surface area contributed by atoms with E-state index in [1.54, 1.807) is 0 Å². The van der Waals surface area contributed by atoms with Gasteiger partial charge in [-0.05, 0) is 66.9 Å². The summed E-state index contributed by atoms with van der Waals surface area (Å²) in [6.07, 6.45) is 0. The first-order valence-electron chi connectivity index (χ1n) is 11.2. The largest absolute Gasteiger partial charge is 0.353 e. The van der Waals surface area contributed by atoms with Crippen LogP contribution in [0.1, 0.15) is 42.5 Å². The first kappa shape index (κ1) is 24.6. The maximum absolute atomic E-state index is 14.0. The summed E-state index contributed by atoms with van der Waals surface area (Å²) in [5.74, 6) is -2.34. The van der Waals surface area contributed by atoms with E-state index in [4.69, 9.17) is 23.2 Å². The Balaban J connectivity index is 1.63. The molecule has 178 valence electrons. The summed E-state index contributed by atoms with van der Waals surface area (Å²) in [5.41, 5.74) is 2.48. The van der Waals surface area contributed by atoms with Gasteiger partial charge in [-0.15, -0.1) is 0 Å². The Morgan fingerprint density at radius 2 is 1.32 bits per heavy atom. The van der Waals surface area contributed by atoms with Gasteiger partial charge >= 0.3 is 0 Å². The van der Waals surface area contributed by atoms with Gasteiger partial charge in [-0.3, -0.25) is 9.69 Å². The Bertz CT molecular complexity index is 1080. The summed E-state index contributed by atoms with van der Waals surface area (Å²) < 4.78 is 28.0. The highest BCUT2D eigenvalue weighted by atomic mass is 35.5. The maximum atomic E-state index is 14.0. The molecule has 0 unspecified atom stereocenters. The minimum atomic E-state index is -0.686. The molecule has 1 amide bonds. The third-order valence-corrected chi connectivity index (χ3v) is 6.61. The number of halogens is 4. The average molecular weight is 503 g/mol. The van der Waals surface area contributed by atoms with Crippen molar-refractivity contribution < 1.29 is 13.6 Å². The Labute approximate surface area is 208 Å². The van der Waals surface area contributed by atoms with E-state index in [-0.39, 0.29) is 23.9 Å². The number of carbonyl (C=O) groups excluding carboxylic acids is 1. The van der Waals surface area contributed by atoms with E-state index in [1.165, 1.54) is 12.1 Å². The van der Waals surface area contributed by atoms with Gasteiger partial charge in [0, 0.05) is 41.2 Å². The fraction of sp³-hybridized carbons (Fsp3) is 0.296. The Kier molecular flexibility index (Phi) is 7.56. The number of rotatable bonds is 7. The van der Waals surface area contributed by atoms with Crippen LogP contribution in [-0.4, -0.2) is 29.9 Å². The van der Waals surface area contributed by atoms with Crippen molar-refractivity contribution >= 4 is 29.1 Å². The molecule has 1 N–H and O–H groups in total. The molecule has 1 aliphatic heterocycles. The molecule has 34 heavy (non-hydrogen) atoms. The zero-order valence-corrected chi connectivity index (χ0v) is 20.5. The summed E-state index contributed by atoms with van der Waals surface area (Å²) >= 11 is 12.2. The smallest absolute Gasteiger partial charge is 0.228 e. The van der Waals surface area contributed by atoms with Crippen LogP contribution in [0.25, 0.3) is 0 Å². The molecule has 3 nitrogen and oxygen atoms in total. The van der Waals surface area contributed by atoms with Crippen molar-refractivity contribution in [1.82, 2.24) is 10.2 Å². The van der Waals surface area contributed by atoms with Crippen molar-refractivity contribution in [2.75, 3.05) is 13.1 Å². The number of benzene rings is 3. The fourth-order valence-corrected chi connectivity index (χ4v) is 4.89. The Morgan fingerprint density at radius 3 is 1.76 bits per heavy atom. The minimum absolute atomic E-state index is 0.0659. The lowest BCUT2D eigenvalue weighted by molar-refractivity contribution is -0.126. The summed E-state index contributed by atoms with van der Waals surface area (Å²) in [5, 5.41) is 4.22. The molecule has 4 rings (SSSR count). The monoisotopic (exact) mass is 502 g/mol. The second-order valence-electron chi connectivity index (χ2n) is 9.06. The number of hydrogen-bond acceptors (Lipinski definition) is 2. The molecule has 0 spiro atoms. The molecule has 1 atom stereocenters. The van der Waals surface area contributed by atoms with Gasteiger partial charge in [-0.25, -0.2) is 8.78 Å². The van der Waals surface area contributed by atoms with Crippen LogP contribution >= 0.6 is 23.2 Å². The van der Waals surface area contributed by atoms with Crippen molar-refractivity contribution in [3.05, 3.63) is 105 Å². The fourth-order valence-electron chi connectivity index (χ4n) is 4.64. The van der Waals surface area contributed by atoms with Gasteiger partial charge in [0.05, 0.1) is 12.0 Å². The molecule has 0 radical (unpaired) electrons. The highest BCUT2D eigenvalue weighted by Gasteiger charge is 2.42. The lowest BCUT2D eigenvalue weighted by atomic mass is 9.78. The molecule has 0 bridgehead atoms. The van der Waals surface area contributed by atoms with Crippen LogP contribution in [-0.2, 0) is 4.79 Å². The molecule has 3 aromatic carbocycles. The summed E-state index contributed by atoms with van der Waals surface area (Å²) in [7, 11) is 0. The van der Waals surface area contributed by atoms with Crippen LogP contribution in [0.3, 0.4) is 0 Å². The van der Waals surface area contributed by atoms with Crippen molar-refractivity contribution in [3.63, 3.8) is 0 Å². The Morgan fingerprint density at radius 1 is 0.853 bits per heavy atom. The summed E-state index contributed by atoms with van der Waals surface area (Å²) in [6, 6.07) is 18.5. The third kappa shape index (κ3) is 5.60. The molecule has 1 fully saturated rings. The van der Waals surface area contributed by atoms with Gasteiger partial charge in [-0.1, -0.05) is 47.5 Å². The van der Waals surface area contributed by atoms with Gasteiger partial charge in [0.1, 0.15) is 11.6 Å². The van der Waals surface area contributed by atoms with E-state index in [0.29, 0.717) is 28.7 Å². The second-order valence-corrected chi connectivity index (χ2v) is 9.94. The van der Waals surface area contributed by atoms with E-state index < -0.39 is 17.6 Å². The minimum Gasteiger partial charge on any atom is -0.353 e. The predicted molar refractivity (Wildman–Crippen MR) is 132 cm³/mol. The van der Waals surface area contributed by atoms with E-state index in [1.807, 2.05) is 62.4 Å². The topological polar surface area (TPSA) is 32.3 Å². The van der Waals surface area contributed by atoms with Crippen LogP contribution in [0.2, 0.25) is 10.0 Å². The van der Waals surface area contributed by atoms with Crippen molar-refractivity contribution in [2.24, 2.45) is 5.92 Å². The average Bonchev–Trinajstić information content (AvgIpc) is 2.73. The van der Waals surface area contributed by atoms with Gasteiger partial charge in [-0.2, -0.15) is 0 Å². The molecule has 1 heterocycles. The van der Waals surface area contributed by atoms with Crippen LogP contribution in [0.15, 0.2) is 66.7 Å². The van der Waals surface area contributed by atoms with Crippen molar-refractivity contribution in [2.45, 2.75) is 31.8 Å². The molecule has 3 aromatic rings. The molecule has 0 aliphatic carbocycles. The van der Waals surface area contributed by atoms with Crippen LogP contribution < -0.4 is 5.32 Å². The Hall–Kier alpha value is -2.47. The van der Waals surface area contributed by atoms with E-state index >= 15 is 0 Å². The number of amides is 1. The summed E-state index contributed by atoms with van der Waals surface area (Å²) in [4.78, 5) is 15.4. The predicted octanol–water partition coefficient (Wildman–Crippen LogP) is 6.60. The van der Waals surface area contributed by atoms with E-state index in [0.717, 1.165) is 17.2 Å². The second kappa shape index (κ2) is 10.4. The molecule has 1 aliphatic rings. The lowest BCUT2D eigenvalue weighted by Crippen LogP contribution is -2.54. The molecular weight excluding hydrogens is 477 g/mol. The third-order valence-electron chi connectivity index (χ3n) is 6.10. The van der Waals surface area contributed by atoms with Gasteiger partial charge in [0.25, 0.3) is 0 Å². The number of nitrogens with zero attached hydrogens (tertiary/aromatic N) is 1. The highest BCUT2D eigenvalue weighted by molar-refractivity contribution is 6.30. The standard InChI is InChI=1S/C27H26Cl2F2N2O/c1-16(2)32-27(34)25(19-11-23(30)13-24(31)12-19)20-14-33(15-20)26(17-3-7-21(28)8-4-17)18-5-9-22(29)10-6-18/h3-13,16,20,25-26H,14-15H2,1-2H3,(H,32,34)/t25-/m0/s1. The summed E-state index contributed by atoms with van der Waals surface area (Å²) in [6.45, 7) is 4.91.